The van der Waals surface area contributed by atoms with Crippen molar-refractivity contribution >= 4 is 0 Å². The molecule has 0 aromatic rings. The molecule has 1 aliphatic heterocycles. The molecular formula is C7H14O6. The van der Waals surface area contributed by atoms with Gasteiger partial charge in [-0.15, -0.1) is 0 Å². The fourth-order valence-corrected chi connectivity index (χ4v) is 1.44. The first-order valence-electron chi connectivity index (χ1n) is 4.03. The van der Waals surface area contributed by atoms with Crippen molar-refractivity contribution in [2.75, 3.05) is 13.2 Å². The van der Waals surface area contributed by atoms with Gasteiger partial charge in [-0.2, -0.15) is 0 Å². The maximum absolute atomic E-state index is 9.24. The second-order valence-corrected chi connectivity index (χ2v) is 3.08. The summed E-state index contributed by atoms with van der Waals surface area (Å²) in [6.07, 6.45) is -4.77. The molecule has 6 nitrogen and oxygen atoms in total. The van der Waals surface area contributed by atoms with E-state index in [9.17, 15) is 10.2 Å². The van der Waals surface area contributed by atoms with Gasteiger partial charge in [0.05, 0.1) is 19.3 Å². The predicted molar refractivity (Wildman–Crippen MR) is 40.6 cm³/mol. The number of rotatable bonds is 3. The van der Waals surface area contributed by atoms with E-state index in [0.29, 0.717) is 0 Å². The predicted octanol–water partition coefficient (Wildman–Crippen LogP) is -2.97. The van der Waals surface area contributed by atoms with Gasteiger partial charge in [0.2, 0.25) is 0 Å². The molecule has 1 heterocycles. The average Bonchev–Trinajstić information content (AvgIpc) is 2.42. The zero-order chi connectivity index (χ0) is 10.0. The monoisotopic (exact) mass is 194 g/mol. The largest absolute Gasteiger partial charge is 0.396 e. The van der Waals surface area contributed by atoms with Crippen molar-refractivity contribution in [1.82, 2.24) is 0 Å². The molecular weight excluding hydrogens is 180 g/mol. The minimum atomic E-state index is -1.41. The van der Waals surface area contributed by atoms with Gasteiger partial charge < -0.3 is 30.3 Å². The normalized spacial score (nSPS) is 42.2. The lowest BCUT2D eigenvalue weighted by molar-refractivity contribution is -0.149. The number of aliphatic hydroxyl groups excluding tert-OH is 5. The zero-order valence-corrected chi connectivity index (χ0v) is 6.95. The molecule has 78 valence electrons. The van der Waals surface area contributed by atoms with Crippen LogP contribution in [-0.4, -0.2) is 63.3 Å². The van der Waals surface area contributed by atoms with Crippen LogP contribution >= 0.6 is 0 Å². The summed E-state index contributed by atoms with van der Waals surface area (Å²) in [6, 6.07) is 0. The Hall–Kier alpha value is -0.240. The van der Waals surface area contributed by atoms with Gasteiger partial charge in [-0.25, -0.2) is 0 Å². The first-order chi connectivity index (χ1) is 6.11. The SMILES string of the molecule is OC[C@@H]1[C@@H]([C@H](O)CO)OC(O)[C@@H]1O. The Morgan fingerprint density at radius 2 is 1.85 bits per heavy atom. The van der Waals surface area contributed by atoms with E-state index in [0.717, 1.165) is 0 Å². The molecule has 1 fully saturated rings. The van der Waals surface area contributed by atoms with Crippen LogP contribution in [0, 0.1) is 5.92 Å². The molecule has 0 aliphatic carbocycles. The molecule has 5 N–H and O–H groups in total. The molecule has 13 heavy (non-hydrogen) atoms. The third kappa shape index (κ3) is 1.98. The number of hydrogen-bond acceptors (Lipinski definition) is 6. The van der Waals surface area contributed by atoms with Crippen LogP contribution in [0.4, 0.5) is 0 Å². The molecule has 0 saturated carbocycles. The summed E-state index contributed by atoms with van der Waals surface area (Å²) in [5.74, 6) is -0.767. The highest BCUT2D eigenvalue weighted by atomic mass is 16.6. The first-order valence-corrected chi connectivity index (χ1v) is 4.03. The molecule has 0 bridgehead atoms. The van der Waals surface area contributed by atoms with Crippen LogP contribution in [0.5, 0.6) is 0 Å². The fraction of sp³-hybridized carbons (Fsp3) is 1.00. The van der Waals surface area contributed by atoms with Crippen LogP contribution in [0.15, 0.2) is 0 Å². The summed E-state index contributed by atoms with van der Waals surface area (Å²) in [5, 5.41) is 44.9. The van der Waals surface area contributed by atoms with Gasteiger partial charge >= 0.3 is 0 Å². The quantitative estimate of drug-likeness (QED) is 0.328. The van der Waals surface area contributed by atoms with Crippen molar-refractivity contribution in [2.45, 2.75) is 24.6 Å². The van der Waals surface area contributed by atoms with Crippen LogP contribution in [0.3, 0.4) is 0 Å². The molecule has 5 atom stereocenters. The van der Waals surface area contributed by atoms with Gasteiger partial charge in [-0.05, 0) is 0 Å². The Morgan fingerprint density at radius 3 is 2.31 bits per heavy atom. The molecule has 0 amide bonds. The molecule has 0 spiro atoms. The van der Waals surface area contributed by atoms with Crippen LogP contribution in [-0.2, 0) is 4.74 Å². The number of ether oxygens (including phenoxy) is 1. The lowest BCUT2D eigenvalue weighted by Crippen LogP contribution is -2.38. The third-order valence-corrected chi connectivity index (χ3v) is 2.23. The van der Waals surface area contributed by atoms with Crippen LogP contribution in [0.1, 0.15) is 0 Å². The summed E-state index contributed by atoms with van der Waals surface area (Å²) >= 11 is 0. The van der Waals surface area contributed by atoms with Crippen molar-refractivity contribution in [3.63, 3.8) is 0 Å². The van der Waals surface area contributed by atoms with E-state index in [1.807, 2.05) is 0 Å². The smallest absolute Gasteiger partial charge is 0.181 e. The Morgan fingerprint density at radius 1 is 1.23 bits per heavy atom. The van der Waals surface area contributed by atoms with Gasteiger partial charge in [0.15, 0.2) is 6.29 Å². The Balaban J connectivity index is 2.64. The molecule has 1 saturated heterocycles. The molecule has 1 rings (SSSR count). The summed E-state index contributed by atoms with van der Waals surface area (Å²) in [7, 11) is 0. The van der Waals surface area contributed by atoms with Crippen molar-refractivity contribution in [3.8, 4) is 0 Å². The van der Waals surface area contributed by atoms with Crippen molar-refractivity contribution in [2.24, 2.45) is 5.92 Å². The minimum Gasteiger partial charge on any atom is -0.396 e. The van der Waals surface area contributed by atoms with Crippen LogP contribution < -0.4 is 0 Å². The highest BCUT2D eigenvalue weighted by Gasteiger charge is 2.45. The lowest BCUT2D eigenvalue weighted by Gasteiger charge is -2.20. The van der Waals surface area contributed by atoms with Gasteiger partial charge in [-0.1, -0.05) is 0 Å². The second kappa shape index (κ2) is 4.32. The zero-order valence-electron chi connectivity index (χ0n) is 6.95. The van der Waals surface area contributed by atoms with E-state index in [1.165, 1.54) is 0 Å². The highest BCUT2D eigenvalue weighted by Crippen LogP contribution is 2.27. The topological polar surface area (TPSA) is 110 Å². The summed E-state index contributed by atoms with van der Waals surface area (Å²) in [6.45, 7) is -0.958. The van der Waals surface area contributed by atoms with Crippen LogP contribution in [0.25, 0.3) is 0 Å². The Kier molecular flexibility index (Phi) is 3.60. The standard InChI is InChI=1S/C7H14O6/c8-1-3-5(11)7(12)13-6(3)4(10)2-9/h3-12H,1-2H2/t3-,4+,5+,6-,7?/m0/s1. The molecule has 0 aromatic carbocycles. The van der Waals surface area contributed by atoms with E-state index in [2.05, 4.69) is 0 Å². The Bertz CT molecular complexity index is 163. The number of hydrogen-bond donors (Lipinski definition) is 5. The van der Waals surface area contributed by atoms with E-state index < -0.39 is 43.7 Å². The molecule has 0 aromatic heterocycles. The summed E-state index contributed by atoms with van der Waals surface area (Å²) in [4.78, 5) is 0. The van der Waals surface area contributed by atoms with Gasteiger partial charge in [-0.3, -0.25) is 0 Å². The minimum absolute atomic E-state index is 0.417. The lowest BCUT2D eigenvalue weighted by atomic mass is 9.96. The van der Waals surface area contributed by atoms with E-state index >= 15 is 0 Å². The van der Waals surface area contributed by atoms with Crippen molar-refractivity contribution < 1.29 is 30.3 Å². The molecule has 6 heteroatoms. The number of aliphatic hydroxyl groups is 5. The van der Waals surface area contributed by atoms with E-state index in [1.54, 1.807) is 0 Å². The van der Waals surface area contributed by atoms with Gasteiger partial charge in [0.1, 0.15) is 12.2 Å². The third-order valence-electron chi connectivity index (χ3n) is 2.23. The van der Waals surface area contributed by atoms with Crippen molar-refractivity contribution in [3.05, 3.63) is 0 Å². The molecule has 1 aliphatic rings. The molecule has 1 unspecified atom stereocenters. The summed E-state index contributed by atoms with van der Waals surface area (Å²) in [5.41, 5.74) is 0. The van der Waals surface area contributed by atoms with Crippen molar-refractivity contribution in [1.29, 1.82) is 0 Å². The van der Waals surface area contributed by atoms with Gasteiger partial charge in [0.25, 0.3) is 0 Å². The van der Waals surface area contributed by atoms with Gasteiger partial charge in [0, 0.05) is 5.92 Å². The maximum atomic E-state index is 9.24. The van der Waals surface area contributed by atoms with E-state index in [4.69, 9.17) is 20.1 Å². The highest BCUT2D eigenvalue weighted by molar-refractivity contribution is 4.89. The summed E-state index contributed by atoms with van der Waals surface area (Å²) < 4.78 is 4.77. The Labute approximate surface area is 75.0 Å². The average molecular weight is 194 g/mol. The fourth-order valence-electron chi connectivity index (χ4n) is 1.44. The second-order valence-electron chi connectivity index (χ2n) is 3.08. The van der Waals surface area contributed by atoms with E-state index in [-0.39, 0.29) is 0 Å². The first kappa shape index (κ1) is 10.8. The molecule has 0 radical (unpaired) electrons. The maximum Gasteiger partial charge on any atom is 0.181 e. The van der Waals surface area contributed by atoms with Crippen LogP contribution in [0.2, 0.25) is 0 Å².